The van der Waals surface area contributed by atoms with Crippen molar-refractivity contribution >= 4 is 16.1 Å². The average molecular weight is 321 g/mol. The lowest BCUT2D eigenvalue weighted by Gasteiger charge is -2.15. The van der Waals surface area contributed by atoms with E-state index in [0.717, 1.165) is 19.3 Å². The van der Waals surface area contributed by atoms with Crippen LogP contribution in [0.5, 0.6) is 0 Å². The van der Waals surface area contributed by atoms with E-state index in [4.69, 9.17) is 4.74 Å². The van der Waals surface area contributed by atoms with Crippen LogP contribution in [0.3, 0.4) is 0 Å². The first-order chi connectivity index (χ1) is 9.88. The summed E-state index contributed by atoms with van der Waals surface area (Å²) in [5, 5.41) is -1.18. The van der Waals surface area contributed by atoms with E-state index in [2.05, 4.69) is 6.92 Å². The number of hydrogen-bond acceptors (Lipinski definition) is 5. The standard InChI is InChI=1S/C15H30O5S/c1-3-4-5-6-7-8-9-10-11-12-15(16)20-13-14(2)21(17,18)19/h14H,3-13H2,1-2H3,(H,17,18,19)/p-1. The molecule has 0 aromatic carbocycles. The molecule has 0 aromatic rings. The average Bonchev–Trinajstić information content (AvgIpc) is 2.41. The molecule has 0 radical (unpaired) electrons. The quantitative estimate of drug-likeness (QED) is 0.295. The molecule has 0 aliphatic heterocycles. The molecule has 0 amide bonds. The van der Waals surface area contributed by atoms with E-state index < -0.39 is 21.3 Å². The van der Waals surface area contributed by atoms with Gasteiger partial charge in [0.25, 0.3) is 0 Å². The van der Waals surface area contributed by atoms with Gasteiger partial charge in [-0.1, -0.05) is 58.3 Å². The summed E-state index contributed by atoms with van der Waals surface area (Å²) in [6, 6.07) is 0. The lowest BCUT2D eigenvalue weighted by molar-refractivity contribution is -0.143. The van der Waals surface area contributed by atoms with Gasteiger partial charge in [0.15, 0.2) is 0 Å². The summed E-state index contributed by atoms with van der Waals surface area (Å²) < 4.78 is 36.7. The minimum atomic E-state index is -4.37. The van der Waals surface area contributed by atoms with Crippen LogP contribution in [0.2, 0.25) is 0 Å². The van der Waals surface area contributed by atoms with Crippen LogP contribution in [0.25, 0.3) is 0 Å². The van der Waals surface area contributed by atoms with Crippen LogP contribution in [-0.4, -0.2) is 30.8 Å². The van der Waals surface area contributed by atoms with Gasteiger partial charge in [-0.25, -0.2) is 8.42 Å². The van der Waals surface area contributed by atoms with Crippen molar-refractivity contribution in [2.45, 2.75) is 83.3 Å². The Balaban J connectivity index is 3.42. The van der Waals surface area contributed by atoms with Crippen molar-refractivity contribution in [2.75, 3.05) is 6.61 Å². The Hall–Kier alpha value is -0.620. The Morgan fingerprint density at radius 3 is 1.95 bits per heavy atom. The molecule has 6 heteroatoms. The van der Waals surface area contributed by atoms with E-state index in [-0.39, 0.29) is 6.61 Å². The molecule has 0 saturated carbocycles. The van der Waals surface area contributed by atoms with E-state index in [9.17, 15) is 17.8 Å². The molecule has 0 heterocycles. The zero-order valence-corrected chi connectivity index (χ0v) is 14.1. The Morgan fingerprint density at radius 1 is 1.00 bits per heavy atom. The number of hydrogen-bond donors (Lipinski definition) is 0. The summed E-state index contributed by atoms with van der Waals surface area (Å²) in [5.74, 6) is -0.423. The summed E-state index contributed by atoms with van der Waals surface area (Å²) in [6.07, 6.45) is 10.8. The van der Waals surface area contributed by atoms with Crippen LogP contribution >= 0.6 is 0 Å². The van der Waals surface area contributed by atoms with E-state index in [1.165, 1.54) is 45.4 Å². The van der Waals surface area contributed by atoms with Gasteiger partial charge in [0.1, 0.15) is 16.7 Å². The third-order valence-electron chi connectivity index (χ3n) is 3.46. The molecular formula is C15H29O5S-. The first-order valence-corrected chi connectivity index (χ1v) is 9.45. The maximum atomic E-state index is 11.4. The van der Waals surface area contributed by atoms with Gasteiger partial charge in [0, 0.05) is 6.42 Å². The number of ether oxygens (including phenoxy) is 1. The molecule has 5 nitrogen and oxygen atoms in total. The Bertz CT molecular complexity index is 364. The summed E-state index contributed by atoms with van der Waals surface area (Å²) in [4.78, 5) is 11.4. The number of esters is 1. The first-order valence-electron chi connectivity index (χ1n) is 7.98. The van der Waals surface area contributed by atoms with Crippen LogP contribution < -0.4 is 0 Å². The molecule has 21 heavy (non-hydrogen) atoms. The zero-order valence-electron chi connectivity index (χ0n) is 13.3. The highest BCUT2D eigenvalue weighted by Gasteiger charge is 2.12. The second-order valence-corrected chi connectivity index (χ2v) is 7.36. The number of carbonyl (C=O) groups excluding carboxylic acids is 1. The van der Waals surface area contributed by atoms with Gasteiger partial charge < -0.3 is 9.29 Å². The van der Waals surface area contributed by atoms with Gasteiger partial charge in [0.05, 0.1) is 5.25 Å². The Morgan fingerprint density at radius 2 is 1.48 bits per heavy atom. The van der Waals surface area contributed by atoms with Crippen LogP contribution in [0.4, 0.5) is 0 Å². The lowest BCUT2D eigenvalue weighted by atomic mass is 10.1. The number of rotatable bonds is 13. The Kier molecular flexibility index (Phi) is 11.6. The van der Waals surface area contributed by atoms with Crippen molar-refractivity contribution in [2.24, 2.45) is 0 Å². The Labute approximate surface area is 129 Å². The van der Waals surface area contributed by atoms with Gasteiger partial charge in [-0.05, 0) is 13.3 Å². The summed E-state index contributed by atoms with van der Waals surface area (Å²) in [7, 11) is -4.37. The fourth-order valence-corrected chi connectivity index (χ4v) is 2.18. The third kappa shape index (κ3) is 12.8. The summed E-state index contributed by atoms with van der Waals surface area (Å²) in [6.45, 7) is 3.10. The first kappa shape index (κ1) is 20.4. The SMILES string of the molecule is CCCCCCCCCCCC(=O)OCC(C)S(=O)(=O)[O-]. The molecule has 0 aromatic heterocycles. The van der Waals surface area contributed by atoms with Gasteiger partial charge in [0.2, 0.25) is 0 Å². The van der Waals surface area contributed by atoms with Gasteiger partial charge in [-0.15, -0.1) is 0 Å². The van der Waals surface area contributed by atoms with E-state index in [0.29, 0.717) is 6.42 Å². The molecule has 1 unspecified atom stereocenters. The minimum absolute atomic E-state index is 0.293. The van der Waals surface area contributed by atoms with Crippen LogP contribution in [0.15, 0.2) is 0 Å². The topological polar surface area (TPSA) is 83.5 Å². The van der Waals surface area contributed by atoms with Crippen molar-refractivity contribution in [1.82, 2.24) is 0 Å². The highest BCUT2D eigenvalue weighted by Crippen LogP contribution is 2.11. The molecule has 0 bridgehead atoms. The van der Waals surface area contributed by atoms with E-state index >= 15 is 0 Å². The molecule has 126 valence electrons. The minimum Gasteiger partial charge on any atom is -0.748 e. The second kappa shape index (κ2) is 12.0. The molecule has 0 fully saturated rings. The molecular weight excluding hydrogens is 292 g/mol. The molecule has 1 atom stereocenters. The predicted molar refractivity (Wildman–Crippen MR) is 82.0 cm³/mol. The highest BCUT2D eigenvalue weighted by atomic mass is 32.2. The normalized spacial score (nSPS) is 13.1. The van der Waals surface area contributed by atoms with Crippen molar-refractivity contribution in [3.8, 4) is 0 Å². The molecule has 0 spiro atoms. The largest absolute Gasteiger partial charge is 0.748 e. The fraction of sp³-hybridized carbons (Fsp3) is 0.933. The molecule has 0 saturated heterocycles. The van der Waals surface area contributed by atoms with E-state index in [1.54, 1.807) is 0 Å². The monoisotopic (exact) mass is 321 g/mol. The van der Waals surface area contributed by atoms with Crippen molar-refractivity contribution in [3.05, 3.63) is 0 Å². The highest BCUT2D eigenvalue weighted by molar-refractivity contribution is 7.86. The molecule has 0 N–H and O–H groups in total. The van der Waals surface area contributed by atoms with Crippen LogP contribution in [-0.2, 0) is 19.6 Å². The molecule has 0 aliphatic rings. The fourth-order valence-electron chi connectivity index (χ4n) is 1.95. The molecule has 0 aliphatic carbocycles. The zero-order chi connectivity index (χ0) is 16.1. The third-order valence-corrected chi connectivity index (χ3v) is 4.58. The predicted octanol–water partition coefficient (Wildman–Crippen LogP) is 3.38. The van der Waals surface area contributed by atoms with Gasteiger partial charge in [-0.3, -0.25) is 4.79 Å². The van der Waals surface area contributed by atoms with E-state index in [1.807, 2.05) is 0 Å². The van der Waals surface area contributed by atoms with Crippen molar-refractivity contribution in [3.63, 3.8) is 0 Å². The lowest BCUT2D eigenvalue weighted by Crippen LogP contribution is -2.24. The van der Waals surface area contributed by atoms with Gasteiger partial charge >= 0.3 is 5.97 Å². The van der Waals surface area contributed by atoms with Crippen LogP contribution in [0, 0.1) is 0 Å². The second-order valence-electron chi connectivity index (χ2n) is 5.56. The summed E-state index contributed by atoms with van der Waals surface area (Å²) >= 11 is 0. The van der Waals surface area contributed by atoms with Crippen molar-refractivity contribution < 1.29 is 22.5 Å². The van der Waals surface area contributed by atoms with Crippen LogP contribution in [0.1, 0.15) is 78.1 Å². The smallest absolute Gasteiger partial charge is 0.305 e. The number of unbranched alkanes of at least 4 members (excludes halogenated alkanes) is 8. The van der Waals surface area contributed by atoms with Gasteiger partial charge in [-0.2, -0.15) is 0 Å². The summed E-state index contributed by atoms with van der Waals surface area (Å²) in [5.41, 5.74) is 0. The maximum absolute atomic E-state index is 11.4. The molecule has 0 rings (SSSR count). The maximum Gasteiger partial charge on any atom is 0.305 e. The van der Waals surface area contributed by atoms with Crippen molar-refractivity contribution in [1.29, 1.82) is 0 Å². The number of carbonyl (C=O) groups is 1.